The van der Waals surface area contributed by atoms with Crippen molar-refractivity contribution in [1.29, 1.82) is 0 Å². The smallest absolute Gasteiger partial charge is 0.194 e. The van der Waals surface area contributed by atoms with Crippen LogP contribution in [0.5, 0.6) is 0 Å². The van der Waals surface area contributed by atoms with E-state index in [1.165, 1.54) is 17.0 Å². The third-order valence-corrected chi connectivity index (χ3v) is 5.12. The number of nitrogens with one attached hydrogen (secondary N) is 1. The van der Waals surface area contributed by atoms with E-state index in [1.807, 2.05) is 36.6 Å². The lowest BCUT2D eigenvalue weighted by Crippen LogP contribution is -2.38. The maximum absolute atomic E-state index is 13.1. The zero-order valence-corrected chi connectivity index (χ0v) is 16.5. The van der Waals surface area contributed by atoms with Gasteiger partial charge in [-0.3, -0.25) is 0 Å². The summed E-state index contributed by atoms with van der Waals surface area (Å²) in [6.07, 6.45) is 0. The van der Waals surface area contributed by atoms with Gasteiger partial charge in [0.1, 0.15) is 18.2 Å². The molecule has 0 atom stereocenters. The number of halogens is 1. The van der Waals surface area contributed by atoms with Crippen LogP contribution in [0.1, 0.15) is 22.1 Å². The number of nitrogens with zero attached hydrogens (tertiary/aromatic N) is 5. The quantitative estimate of drug-likeness (QED) is 0.522. The highest BCUT2D eigenvalue weighted by atomic mass is 32.1. The first-order valence-corrected chi connectivity index (χ1v) is 9.52. The minimum atomic E-state index is -0.233. The van der Waals surface area contributed by atoms with Crippen LogP contribution in [0.2, 0.25) is 0 Å². The Balaban J connectivity index is 1.73. The summed E-state index contributed by atoms with van der Waals surface area (Å²) in [7, 11) is 3.90. The second-order valence-corrected chi connectivity index (χ2v) is 7.31. The molecule has 0 bridgehead atoms. The van der Waals surface area contributed by atoms with E-state index in [-0.39, 0.29) is 5.82 Å². The maximum atomic E-state index is 13.1. The van der Waals surface area contributed by atoms with Gasteiger partial charge in [-0.15, -0.1) is 21.5 Å². The van der Waals surface area contributed by atoms with Crippen LogP contribution < -0.4 is 5.32 Å². The largest absolute Gasteiger partial charge is 0.351 e. The van der Waals surface area contributed by atoms with E-state index in [2.05, 4.69) is 27.0 Å². The fourth-order valence-corrected chi connectivity index (χ4v) is 3.21. The molecule has 3 aromatic rings. The van der Waals surface area contributed by atoms with Crippen molar-refractivity contribution in [1.82, 2.24) is 25.0 Å². The lowest BCUT2D eigenvalue weighted by atomic mass is 10.2. The van der Waals surface area contributed by atoms with Crippen molar-refractivity contribution in [2.75, 3.05) is 7.05 Å². The molecule has 2 aromatic heterocycles. The Morgan fingerprint density at radius 3 is 2.67 bits per heavy atom. The summed E-state index contributed by atoms with van der Waals surface area (Å²) < 4.78 is 15.1. The van der Waals surface area contributed by atoms with Crippen LogP contribution in [0.4, 0.5) is 4.39 Å². The topological polar surface area (TPSA) is 58.3 Å². The summed E-state index contributed by atoms with van der Waals surface area (Å²) >= 11 is 1.70. The number of rotatable bonds is 6. The monoisotopic (exact) mass is 386 g/mol. The second kappa shape index (κ2) is 8.77. The summed E-state index contributed by atoms with van der Waals surface area (Å²) in [6, 6.07) is 10.6. The van der Waals surface area contributed by atoms with Gasteiger partial charge >= 0.3 is 0 Å². The third kappa shape index (κ3) is 5.13. The van der Waals surface area contributed by atoms with Gasteiger partial charge in [-0.05, 0) is 36.1 Å². The molecule has 0 radical (unpaired) electrons. The van der Waals surface area contributed by atoms with Crippen molar-refractivity contribution >= 4 is 17.3 Å². The summed E-state index contributed by atoms with van der Waals surface area (Å²) in [5.41, 5.74) is 1.01. The molecule has 0 unspecified atom stereocenters. The Labute approximate surface area is 162 Å². The van der Waals surface area contributed by atoms with Crippen LogP contribution in [0.25, 0.3) is 0 Å². The van der Waals surface area contributed by atoms with E-state index < -0.39 is 0 Å². The molecule has 3 rings (SSSR count). The number of benzene rings is 1. The Bertz CT molecular complexity index is 886. The standard InChI is InChI=1S/C19H23FN6S/c1-14-23-24-18(26(14)3)12-22-19(21-11-17-5-4-10-27-17)25(2)13-15-6-8-16(20)9-7-15/h4-10H,11-13H2,1-3H3,(H,21,22). The molecular weight excluding hydrogens is 363 g/mol. The summed E-state index contributed by atoms with van der Waals surface area (Å²) in [4.78, 5) is 7.97. The highest BCUT2D eigenvalue weighted by Gasteiger charge is 2.10. The van der Waals surface area contributed by atoms with Gasteiger partial charge in [0.05, 0.1) is 6.54 Å². The Kier molecular flexibility index (Phi) is 6.18. The van der Waals surface area contributed by atoms with Crippen LogP contribution in [0, 0.1) is 12.7 Å². The minimum absolute atomic E-state index is 0.233. The molecule has 0 saturated heterocycles. The van der Waals surface area contributed by atoms with E-state index in [9.17, 15) is 4.39 Å². The van der Waals surface area contributed by atoms with Gasteiger partial charge in [0.15, 0.2) is 11.8 Å². The fraction of sp³-hybridized carbons (Fsp3) is 0.316. The number of aryl methyl sites for hydroxylation is 1. The first-order valence-electron chi connectivity index (χ1n) is 8.64. The van der Waals surface area contributed by atoms with E-state index >= 15 is 0 Å². The zero-order valence-electron chi connectivity index (χ0n) is 15.7. The predicted octanol–water partition coefficient (Wildman–Crippen LogP) is 3.10. The van der Waals surface area contributed by atoms with Gasteiger partial charge in [-0.1, -0.05) is 18.2 Å². The van der Waals surface area contributed by atoms with Crippen LogP contribution in [0.15, 0.2) is 46.8 Å². The summed E-state index contributed by atoms with van der Waals surface area (Å²) in [5.74, 6) is 2.18. The highest BCUT2D eigenvalue weighted by molar-refractivity contribution is 7.09. The number of hydrogen-bond donors (Lipinski definition) is 1. The number of thiophene rings is 1. The van der Waals surface area contributed by atoms with Crippen LogP contribution >= 0.6 is 11.3 Å². The third-order valence-electron chi connectivity index (χ3n) is 4.25. The average Bonchev–Trinajstić information content (AvgIpc) is 3.28. The van der Waals surface area contributed by atoms with Crippen LogP contribution in [-0.4, -0.2) is 32.7 Å². The first kappa shape index (κ1) is 19.0. The second-order valence-electron chi connectivity index (χ2n) is 6.28. The van der Waals surface area contributed by atoms with Gasteiger partial charge in [0.2, 0.25) is 0 Å². The van der Waals surface area contributed by atoms with Crippen molar-refractivity contribution in [2.24, 2.45) is 12.0 Å². The molecular formula is C19H23FN6S. The molecule has 0 spiro atoms. The van der Waals surface area contributed by atoms with Crippen LogP contribution in [0.3, 0.4) is 0 Å². The molecule has 0 aliphatic carbocycles. The lowest BCUT2D eigenvalue weighted by Gasteiger charge is -2.22. The number of aromatic nitrogens is 3. The van der Waals surface area contributed by atoms with Crippen molar-refractivity contribution in [2.45, 2.75) is 26.6 Å². The first-order chi connectivity index (χ1) is 13.0. The van der Waals surface area contributed by atoms with E-state index in [0.717, 1.165) is 23.2 Å². The minimum Gasteiger partial charge on any atom is -0.351 e. The van der Waals surface area contributed by atoms with Gasteiger partial charge in [0.25, 0.3) is 0 Å². The van der Waals surface area contributed by atoms with Crippen molar-refractivity contribution in [3.63, 3.8) is 0 Å². The van der Waals surface area contributed by atoms with Crippen LogP contribution in [-0.2, 0) is 26.7 Å². The number of hydrogen-bond acceptors (Lipinski definition) is 4. The van der Waals surface area contributed by atoms with E-state index in [4.69, 9.17) is 4.99 Å². The van der Waals surface area contributed by atoms with E-state index in [1.54, 1.807) is 23.5 Å². The Hall–Kier alpha value is -2.74. The Morgan fingerprint density at radius 2 is 2.04 bits per heavy atom. The maximum Gasteiger partial charge on any atom is 0.194 e. The molecule has 0 aliphatic rings. The molecule has 27 heavy (non-hydrogen) atoms. The molecule has 2 heterocycles. The predicted molar refractivity (Wildman–Crippen MR) is 106 cm³/mol. The molecule has 6 nitrogen and oxygen atoms in total. The average molecular weight is 387 g/mol. The molecule has 0 amide bonds. The summed E-state index contributed by atoms with van der Waals surface area (Å²) in [6.45, 7) is 3.66. The van der Waals surface area contributed by atoms with Gasteiger partial charge < -0.3 is 14.8 Å². The molecule has 0 aliphatic heterocycles. The van der Waals surface area contributed by atoms with E-state index in [0.29, 0.717) is 19.6 Å². The molecule has 1 aromatic carbocycles. The normalized spacial score (nSPS) is 11.6. The number of guanidine groups is 1. The summed E-state index contributed by atoms with van der Waals surface area (Å²) in [5, 5.41) is 13.7. The number of aliphatic imine (C=N–C) groups is 1. The molecule has 0 saturated carbocycles. The van der Waals surface area contributed by atoms with Gasteiger partial charge in [0, 0.05) is 25.5 Å². The molecule has 1 N–H and O–H groups in total. The molecule has 0 fully saturated rings. The van der Waals surface area contributed by atoms with Crippen molar-refractivity contribution < 1.29 is 4.39 Å². The molecule has 142 valence electrons. The molecule has 8 heteroatoms. The zero-order chi connectivity index (χ0) is 19.2. The highest BCUT2D eigenvalue weighted by Crippen LogP contribution is 2.10. The SMILES string of the molecule is Cc1nnc(CN=C(NCc2cccs2)N(C)Cc2ccc(F)cc2)n1C. The Morgan fingerprint density at radius 1 is 1.26 bits per heavy atom. The van der Waals surface area contributed by atoms with Crippen molar-refractivity contribution in [3.05, 3.63) is 69.7 Å². The van der Waals surface area contributed by atoms with Gasteiger partial charge in [-0.25, -0.2) is 9.38 Å². The van der Waals surface area contributed by atoms with Gasteiger partial charge in [-0.2, -0.15) is 0 Å². The van der Waals surface area contributed by atoms with Crippen molar-refractivity contribution in [3.8, 4) is 0 Å². The fourth-order valence-electron chi connectivity index (χ4n) is 2.56. The lowest BCUT2D eigenvalue weighted by molar-refractivity contribution is 0.473.